The molecule has 0 aliphatic rings. The number of halogens is 1. The first-order valence-electron chi connectivity index (χ1n) is 5.38. The van der Waals surface area contributed by atoms with Crippen molar-refractivity contribution in [3.63, 3.8) is 0 Å². The molecule has 1 aromatic carbocycles. The van der Waals surface area contributed by atoms with Crippen molar-refractivity contribution < 1.29 is 13.2 Å². The summed E-state index contributed by atoms with van der Waals surface area (Å²) in [4.78, 5) is 12.1. The second-order valence-electron chi connectivity index (χ2n) is 3.60. The summed E-state index contributed by atoms with van der Waals surface area (Å²) in [5.41, 5.74) is 6.30. The van der Waals surface area contributed by atoms with E-state index >= 15 is 0 Å². The van der Waals surface area contributed by atoms with Gasteiger partial charge in [0.15, 0.2) is 0 Å². The van der Waals surface area contributed by atoms with Gasteiger partial charge < -0.3 is 5.73 Å². The van der Waals surface area contributed by atoms with Gasteiger partial charge in [-0.2, -0.15) is 0 Å². The minimum Gasteiger partial charge on any atom is -0.399 e. The van der Waals surface area contributed by atoms with Crippen LogP contribution in [0, 0.1) is 0 Å². The fraction of sp³-hybridized carbons (Fsp3) is 0.364. The normalized spacial score (nSPS) is 11.2. The molecular formula is C11H15ClN2O3S. The summed E-state index contributed by atoms with van der Waals surface area (Å²) >= 11 is 5.42. The molecule has 0 saturated carbocycles. The van der Waals surface area contributed by atoms with Gasteiger partial charge in [-0.1, -0.05) is 0 Å². The first-order valence-corrected chi connectivity index (χ1v) is 7.53. The molecule has 0 saturated heterocycles. The summed E-state index contributed by atoms with van der Waals surface area (Å²) in [5, 5.41) is 0. The van der Waals surface area contributed by atoms with Crippen LogP contribution in [0.4, 0.5) is 5.69 Å². The van der Waals surface area contributed by atoms with Crippen molar-refractivity contribution in [2.24, 2.45) is 0 Å². The summed E-state index contributed by atoms with van der Waals surface area (Å²) in [5.74, 6) is -0.876. The number of nitrogens with two attached hydrogens (primary N) is 1. The molecule has 18 heavy (non-hydrogen) atoms. The van der Waals surface area contributed by atoms with E-state index in [4.69, 9.17) is 17.3 Å². The van der Waals surface area contributed by atoms with Crippen molar-refractivity contribution in [1.82, 2.24) is 4.31 Å². The number of sulfonamides is 1. The van der Waals surface area contributed by atoms with E-state index in [-0.39, 0.29) is 23.7 Å². The molecule has 0 bridgehead atoms. The number of nitrogen functional groups attached to an aromatic ring is 1. The topological polar surface area (TPSA) is 80.5 Å². The van der Waals surface area contributed by atoms with Crippen molar-refractivity contribution in [3.8, 4) is 0 Å². The Morgan fingerprint density at radius 3 is 2.33 bits per heavy atom. The van der Waals surface area contributed by atoms with Crippen molar-refractivity contribution in [3.05, 3.63) is 29.8 Å². The summed E-state index contributed by atoms with van der Waals surface area (Å²) in [6.07, 6.45) is 0. The smallest absolute Gasteiger partial charge is 0.267 e. The number of rotatable bonds is 5. The third-order valence-corrected chi connectivity index (χ3v) is 4.57. The van der Waals surface area contributed by atoms with Crippen LogP contribution >= 0.6 is 11.6 Å². The van der Waals surface area contributed by atoms with Crippen LogP contribution in [0.25, 0.3) is 0 Å². The molecule has 100 valence electrons. The summed E-state index contributed by atoms with van der Waals surface area (Å²) in [7, 11) is -3.66. The summed E-state index contributed by atoms with van der Waals surface area (Å²) in [6.45, 7) is 1.67. The molecule has 0 spiro atoms. The molecule has 1 rings (SSSR count). The average Bonchev–Trinajstić information content (AvgIpc) is 2.30. The second-order valence-corrected chi connectivity index (χ2v) is 5.99. The van der Waals surface area contributed by atoms with Crippen LogP contribution in [0.3, 0.4) is 0 Å². The first-order chi connectivity index (χ1) is 8.42. The number of carbonyl (C=O) groups is 1. The number of hydrogen-bond acceptors (Lipinski definition) is 4. The fourth-order valence-corrected chi connectivity index (χ4v) is 3.20. The maximum Gasteiger partial charge on any atom is 0.267 e. The van der Waals surface area contributed by atoms with Gasteiger partial charge in [0.2, 0.25) is 10.0 Å². The van der Waals surface area contributed by atoms with E-state index in [9.17, 15) is 13.2 Å². The molecule has 7 heteroatoms. The average molecular weight is 291 g/mol. The molecular weight excluding hydrogens is 276 g/mol. The van der Waals surface area contributed by atoms with Gasteiger partial charge >= 0.3 is 0 Å². The van der Waals surface area contributed by atoms with Crippen molar-refractivity contribution in [2.45, 2.75) is 6.92 Å². The van der Waals surface area contributed by atoms with Gasteiger partial charge in [0, 0.05) is 23.7 Å². The van der Waals surface area contributed by atoms with E-state index in [0.29, 0.717) is 5.69 Å². The summed E-state index contributed by atoms with van der Waals surface area (Å²) in [6, 6.07) is 6.09. The Hall–Kier alpha value is -1.27. The molecule has 0 aliphatic heterocycles. The Bertz CT molecular complexity index is 514. The molecule has 0 aromatic heterocycles. The van der Waals surface area contributed by atoms with Crippen molar-refractivity contribution >= 4 is 33.2 Å². The monoisotopic (exact) mass is 290 g/mol. The van der Waals surface area contributed by atoms with Crippen LogP contribution in [-0.2, 0) is 10.0 Å². The van der Waals surface area contributed by atoms with Gasteiger partial charge in [-0.05, 0) is 31.2 Å². The van der Waals surface area contributed by atoms with Crippen LogP contribution in [0.1, 0.15) is 17.3 Å². The van der Waals surface area contributed by atoms with Gasteiger partial charge in [-0.25, -0.2) is 12.7 Å². The lowest BCUT2D eigenvalue weighted by Crippen LogP contribution is -2.38. The highest BCUT2D eigenvalue weighted by Crippen LogP contribution is 2.12. The number of hydrogen-bond donors (Lipinski definition) is 1. The van der Waals surface area contributed by atoms with E-state index in [0.717, 1.165) is 4.31 Å². The van der Waals surface area contributed by atoms with E-state index in [1.165, 1.54) is 12.1 Å². The third kappa shape index (κ3) is 3.36. The van der Waals surface area contributed by atoms with Crippen LogP contribution in [0.5, 0.6) is 0 Å². The molecule has 0 atom stereocenters. The number of carbonyl (C=O) groups excluding carboxylic acids is 1. The molecule has 1 aromatic rings. The number of nitrogens with zero attached hydrogens (tertiary/aromatic N) is 1. The van der Waals surface area contributed by atoms with Crippen molar-refractivity contribution in [1.29, 1.82) is 0 Å². The molecule has 2 N–H and O–H groups in total. The first kappa shape index (κ1) is 14.8. The maximum absolute atomic E-state index is 12.1. The maximum atomic E-state index is 12.1. The molecule has 0 aliphatic carbocycles. The Morgan fingerprint density at radius 2 is 1.89 bits per heavy atom. The summed E-state index contributed by atoms with van der Waals surface area (Å²) < 4.78 is 24.5. The molecule has 0 heterocycles. The molecule has 0 unspecified atom stereocenters. The van der Waals surface area contributed by atoms with Crippen LogP contribution < -0.4 is 5.73 Å². The predicted molar refractivity (Wildman–Crippen MR) is 72.1 cm³/mol. The van der Waals surface area contributed by atoms with E-state index < -0.39 is 15.9 Å². The Morgan fingerprint density at radius 1 is 1.33 bits per heavy atom. The van der Waals surface area contributed by atoms with E-state index in [1.54, 1.807) is 19.1 Å². The Kier molecular flexibility index (Phi) is 4.98. The van der Waals surface area contributed by atoms with Gasteiger partial charge in [-0.3, -0.25) is 4.79 Å². The molecule has 0 radical (unpaired) electrons. The largest absolute Gasteiger partial charge is 0.399 e. The SMILES string of the molecule is CCN(C(=O)c1ccc(N)cc1)S(=O)(=O)CCCl. The van der Waals surface area contributed by atoms with E-state index in [1.807, 2.05) is 0 Å². The minimum absolute atomic E-state index is 0.0478. The number of anilines is 1. The highest BCUT2D eigenvalue weighted by Gasteiger charge is 2.26. The van der Waals surface area contributed by atoms with Gasteiger partial charge in [0.25, 0.3) is 5.91 Å². The fourth-order valence-electron chi connectivity index (χ4n) is 1.44. The number of amides is 1. The lowest BCUT2D eigenvalue weighted by atomic mass is 10.2. The zero-order valence-corrected chi connectivity index (χ0v) is 11.5. The van der Waals surface area contributed by atoms with Gasteiger partial charge in [-0.15, -0.1) is 11.6 Å². The highest BCUT2D eigenvalue weighted by molar-refractivity contribution is 7.89. The van der Waals surface area contributed by atoms with Gasteiger partial charge in [0.05, 0.1) is 5.75 Å². The Balaban J connectivity index is 3.03. The quantitative estimate of drug-likeness (QED) is 0.655. The lowest BCUT2D eigenvalue weighted by molar-refractivity contribution is 0.0866. The zero-order valence-electron chi connectivity index (χ0n) is 9.97. The Labute approximate surface area is 112 Å². The van der Waals surface area contributed by atoms with Crippen LogP contribution in [0.2, 0.25) is 0 Å². The van der Waals surface area contributed by atoms with Gasteiger partial charge in [0.1, 0.15) is 0 Å². The molecule has 0 fully saturated rings. The third-order valence-electron chi connectivity index (χ3n) is 2.34. The van der Waals surface area contributed by atoms with Crippen LogP contribution in [-0.4, -0.2) is 36.8 Å². The zero-order chi connectivity index (χ0) is 13.8. The molecule has 5 nitrogen and oxygen atoms in total. The van der Waals surface area contributed by atoms with Crippen LogP contribution in [0.15, 0.2) is 24.3 Å². The second kappa shape index (κ2) is 6.06. The minimum atomic E-state index is -3.66. The highest BCUT2D eigenvalue weighted by atomic mass is 35.5. The number of alkyl halides is 1. The predicted octanol–water partition coefficient (Wildman–Crippen LogP) is 1.30. The number of benzene rings is 1. The molecule has 1 amide bonds. The van der Waals surface area contributed by atoms with Crippen molar-refractivity contribution in [2.75, 3.05) is 23.9 Å². The standard InChI is InChI=1S/C11H15ClN2O3S/c1-2-14(18(16,17)8-7-12)11(15)9-3-5-10(13)6-4-9/h3-6H,2,7-8,13H2,1H3. The van der Waals surface area contributed by atoms with E-state index in [2.05, 4.69) is 0 Å². The lowest BCUT2D eigenvalue weighted by Gasteiger charge is -2.20.